The van der Waals surface area contributed by atoms with Crippen molar-refractivity contribution in [3.63, 3.8) is 0 Å². The Bertz CT molecular complexity index is 343. The zero-order valence-corrected chi connectivity index (χ0v) is 10.8. The van der Waals surface area contributed by atoms with Crippen molar-refractivity contribution in [1.82, 2.24) is 10.6 Å². The molecule has 0 atom stereocenters. The summed E-state index contributed by atoms with van der Waals surface area (Å²) in [4.78, 5) is 0. The van der Waals surface area contributed by atoms with Gasteiger partial charge in [-0.2, -0.15) is 0 Å². The van der Waals surface area contributed by atoms with Gasteiger partial charge in [0.05, 0.1) is 0 Å². The number of nitrogens with one attached hydrogen (secondary N) is 2. The number of rotatable bonds is 0. The molecular weight excluding hydrogens is 243 g/mol. The van der Waals surface area contributed by atoms with E-state index in [2.05, 4.69) is 34.9 Å². The maximum Gasteiger partial charge on any atom is 0.0464 e. The van der Waals surface area contributed by atoms with Gasteiger partial charge in [-0.05, 0) is 37.1 Å². The number of hydrogen-bond acceptors (Lipinski definition) is 2. The van der Waals surface area contributed by atoms with E-state index in [1.165, 1.54) is 18.4 Å². The average molecular weight is 261 g/mol. The Morgan fingerprint density at radius 2 is 1.69 bits per heavy atom. The molecule has 0 radical (unpaired) electrons. The first kappa shape index (κ1) is 13.8. The van der Waals surface area contributed by atoms with E-state index in [0.717, 1.165) is 19.6 Å². The molecule has 2 N–H and O–H groups in total. The normalized spacial score (nSPS) is 20.8. The summed E-state index contributed by atoms with van der Waals surface area (Å²) < 4.78 is 0. The SMILES string of the molecule is Cl.Cl.c1ccc2c(c1)CNC21CCNCC1. The molecule has 1 aromatic rings. The summed E-state index contributed by atoms with van der Waals surface area (Å²) in [5, 5.41) is 7.12. The molecule has 1 fully saturated rings. The van der Waals surface area contributed by atoms with Crippen LogP contribution in [-0.2, 0) is 12.1 Å². The van der Waals surface area contributed by atoms with Gasteiger partial charge >= 0.3 is 0 Å². The van der Waals surface area contributed by atoms with Crippen LogP contribution in [-0.4, -0.2) is 13.1 Å². The van der Waals surface area contributed by atoms with E-state index in [1.807, 2.05) is 0 Å². The smallest absolute Gasteiger partial charge is 0.0464 e. The van der Waals surface area contributed by atoms with Gasteiger partial charge in [0.25, 0.3) is 0 Å². The summed E-state index contributed by atoms with van der Waals surface area (Å²) in [5.74, 6) is 0. The Hall–Kier alpha value is -0.280. The van der Waals surface area contributed by atoms with Crippen LogP contribution in [0.4, 0.5) is 0 Å². The number of halogens is 2. The lowest BCUT2D eigenvalue weighted by Crippen LogP contribution is -2.46. The minimum Gasteiger partial charge on any atom is -0.317 e. The summed E-state index contributed by atoms with van der Waals surface area (Å²) >= 11 is 0. The highest BCUT2D eigenvalue weighted by Crippen LogP contribution is 2.37. The number of fused-ring (bicyclic) bond motifs is 2. The van der Waals surface area contributed by atoms with Crippen molar-refractivity contribution in [2.45, 2.75) is 24.9 Å². The van der Waals surface area contributed by atoms with Gasteiger partial charge in [-0.15, -0.1) is 24.8 Å². The molecule has 2 aliphatic rings. The van der Waals surface area contributed by atoms with Crippen molar-refractivity contribution < 1.29 is 0 Å². The lowest BCUT2D eigenvalue weighted by molar-refractivity contribution is 0.265. The molecule has 0 aliphatic carbocycles. The van der Waals surface area contributed by atoms with Gasteiger partial charge in [0.1, 0.15) is 0 Å². The van der Waals surface area contributed by atoms with E-state index in [9.17, 15) is 0 Å². The molecule has 4 heteroatoms. The van der Waals surface area contributed by atoms with Gasteiger partial charge < -0.3 is 10.6 Å². The molecule has 0 aromatic heterocycles. The Balaban J connectivity index is 0.000000640. The minimum atomic E-state index is 0. The van der Waals surface area contributed by atoms with Crippen molar-refractivity contribution in [2.75, 3.05) is 13.1 Å². The van der Waals surface area contributed by atoms with Gasteiger partial charge in [-0.25, -0.2) is 0 Å². The molecule has 0 saturated carbocycles. The molecule has 2 heterocycles. The first-order chi connectivity index (χ1) is 6.91. The fraction of sp³-hybridized carbons (Fsp3) is 0.500. The molecule has 16 heavy (non-hydrogen) atoms. The Morgan fingerprint density at radius 1 is 1.00 bits per heavy atom. The first-order valence-electron chi connectivity index (χ1n) is 5.45. The van der Waals surface area contributed by atoms with E-state index < -0.39 is 0 Å². The third-order valence-corrected chi connectivity index (χ3v) is 3.61. The summed E-state index contributed by atoms with van der Waals surface area (Å²) in [5.41, 5.74) is 3.33. The van der Waals surface area contributed by atoms with E-state index in [4.69, 9.17) is 0 Å². The molecule has 2 aliphatic heterocycles. The van der Waals surface area contributed by atoms with Gasteiger partial charge in [-0.1, -0.05) is 24.3 Å². The first-order valence-corrected chi connectivity index (χ1v) is 5.45. The van der Waals surface area contributed by atoms with E-state index in [0.29, 0.717) is 5.54 Å². The lowest BCUT2D eigenvalue weighted by atomic mass is 9.82. The van der Waals surface area contributed by atoms with Gasteiger partial charge in [-0.3, -0.25) is 0 Å². The standard InChI is InChI=1S/C12H16N2.2ClH/c1-2-4-11-10(3-1)9-14-12(11)5-7-13-8-6-12;;/h1-4,13-14H,5-9H2;2*1H. The fourth-order valence-corrected chi connectivity index (χ4v) is 2.80. The molecule has 0 unspecified atom stereocenters. The van der Waals surface area contributed by atoms with Crippen molar-refractivity contribution in [1.29, 1.82) is 0 Å². The zero-order chi connectivity index (χ0) is 9.43. The number of piperidine rings is 1. The summed E-state index contributed by atoms with van der Waals surface area (Å²) in [6, 6.07) is 8.84. The van der Waals surface area contributed by atoms with Gasteiger partial charge in [0.2, 0.25) is 0 Å². The number of benzene rings is 1. The zero-order valence-electron chi connectivity index (χ0n) is 9.16. The van der Waals surface area contributed by atoms with Crippen LogP contribution in [0.2, 0.25) is 0 Å². The highest BCUT2D eigenvalue weighted by Gasteiger charge is 2.38. The van der Waals surface area contributed by atoms with Crippen LogP contribution in [0.3, 0.4) is 0 Å². The van der Waals surface area contributed by atoms with E-state index in [1.54, 1.807) is 5.56 Å². The van der Waals surface area contributed by atoms with Crippen molar-refractivity contribution in [3.05, 3.63) is 35.4 Å². The second-order valence-corrected chi connectivity index (χ2v) is 4.34. The van der Waals surface area contributed by atoms with Crippen molar-refractivity contribution in [3.8, 4) is 0 Å². The van der Waals surface area contributed by atoms with Crippen LogP contribution < -0.4 is 10.6 Å². The minimum absolute atomic E-state index is 0. The van der Waals surface area contributed by atoms with Crippen LogP contribution in [0.1, 0.15) is 24.0 Å². The predicted molar refractivity (Wildman–Crippen MR) is 71.6 cm³/mol. The molecule has 1 spiro atoms. The second kappa shape index (κ2) is 5.37. The third-order valence-electron chi connectivity index (χ3n) is 3.61. The van der Waals surface area contributed by atoms with Gasteiger partial charge in [0, 0.05) is 12.1 Å². The second-order valence-electron chi connectivity index (χ2n) is 4.34. The fourth-order valence-electron chi connectivity index (χ4n) is 2.80. The summed E-state index contributed by atoms with van der Waals surface area (Å²) in [7, 11) is 0. The van der Waals surface area contributed by atoms with Crippen LogP contribution in [0.15, 0.2) is 24.3 Å². The molecule has 2 nitrogen and oxygen atoms in total. The lowest BCUT2D eigenvalue weighted by Gasteiger charge is -2.35. The quantitative estimate of drug-likeness (QED) is 0.748. The van der Waals surface area contributed by atoms with E-state index >= 15 is 0 Å². The van der Waals surface area contributed by atoms with Crippen LogP contribution in [0.25, 0.3) is 0 Å². The summed E-state index contributed by atoms with van der Waals surface area (Å²) in [6.07, 6.45) is 2.45. The van der Waals surface area contributed by atoms with Crippen molar-refractivity contribution in [2.24, 2.45) is 0 Å². The predicted octanol–water partition coefficient (Wildman–Crippen LogP) is 2.21. The summed E-state index contributed by atoms with van der Waals surface area (Å²) in [6.45, 7) is 3.33. The molecule has 0 amide bonds. The molecule has 0 bridgehead atoms. The molecule has 3 rings (SSSR count). The number of hydrogen-bond donors (Lipinski definition) is 2. The molecule has 90 valence electrons. The van der Waals surface area contributed by atoms with Crippen LogP contribution in [0, 0.1) is 0 Å². The highest BCUT2D eigenvalue weighted by molar-refractivity contribution is 5.85. The molecular formula is C12H18Cl2N2. The van der Waals surface area contributed by atoms with Crippen LogP contribution >= 0.6 is 24.8 Å². The molecule has 1 aromatic carbocycles. The maximum absolute atomic E-state index is 3.70. The average Bonchev–Trinajstić information content (AvgIpc) is 2.60. The Labute approximate surface area is 109 Å². The van der Waals surface area contributed by atoms with Gasteiger partial charge in [0.15, 0.2) is 0 Å². The van der Waals surface area contributed by atoms with Crippen LogP contribution in [0.5, 0.6) is 0 Å². The maximum atomic E-state index is 3.70. The third kappa shape index (κ3) is 2.07. The monoisotopic (exact) mass is 260 g/mol. The highest BCUT2D eigenvalue weighted by atomic mass is 35.5. The largest absolute Gasteiger partial charge is 0.317 e. The van der Waals surface area contributed by atoms with E-state index in [-0.39, 0.29) is 24.8 Å². The Kier molecular flexibility index (Phi) is 4.62. The molecule has 1 saturated heterocycles. The topological polar surface area (TPSA) is 24.1 Å². The Morgan fingerprint density at radius 3 is 2.44 bits per heavy atom. The van der Waals surface area contributed by atoms with Crippen molar-refractivity contribution >= 4 is 24.8 Å².